The standard InChI is InChI=1S/C14H12N4O/c1-2-13-14(10-18(17-13)8-7-15)19-12-5-3-11(9-16)4-6-12/h3-6,10H,2,8H2,1H3. The summed E-state index contributed by atoms with van der Waals surface area (Å²) in [6, 6.07) is 11.0. The molecule has 1 heterocycles. The smallest absolute Gasteiger partial charge is 0.168 e. The highest BCUT2D eigenvalue weighted by atomic mass is 16.5. The Morgan fingerprint density at radius 1 is 1.26 bits per heavy atom. The van der Waals surface area contributed by atoms with Crippen molar-refractivity contribution >= 4 is 0 Å². The Morgan fingerprint density at radius 3 is 2.58 bits per heavy atom. The van der Waals surface area contributed by atoms with Gasteiger partial charge in [0.05, 0.1) is 23.9 Å². The summed E-state index contributed by atoms with van der Waals surface area (Å²) in [6.45, 7) is 2.18. The SMILES string of the molecule is CCc1nn(CC#N)cc1Oc1ccc(C#N)cc1. The molecule has 5 heteroatoms. The molecule has 2 rings (SSSR count). The van der Waals surface area contributed by atoms with E-state index in [-0.39, 0.29) is 6.54 Å². The van der Waals surface area contributed by atoms with Crippen LogP contribution in [-0.4, -0.2) is 9.78 Å². The van der Waals surface area contributed by atoms with Crippen LogP contribution >= 0.6 is 0 Å². The normalized spacial score (nSPS) is 9.63. The molecule has 0 radical (unpaired) electrons. The summed E-state index contributed by atoms with van der Waals surface area (Å²) in [5.41, 5.74) is 1.39. The third-order valence-electron chi connectivity index (χ3n) is 2.58. The second-order valence-electron chi connectivity index (χ2n) is 3.89. The Morgan fingerprint density at radius 2 is 2.00 bits per heavy atom. The summed E-state index contributed by atoms with van der Waals surface area (Å²) < 4.78 is 7.28. The molecular weight excluding hydrogens is 240 g/mol. The second-order valence-corrected chi connectivity index (χ2v) is 3.89. The third kappa shape index (κ3) is 2.91. The molecule has 1 aromatic carbocycles. The summed E-state index contributed by atoms with van der Waals surface area (Å²) in [7, 11) is 0. The highest BCUT2D eigenvalue weighted by Crippen LogP contribution is 2.25. The maximum atomic E-state index is 8.73. The van der Waals surface area contributed by atoms with Crippen LogP contribution < -0.4 is 4.74 Å². The van der Waals surface area contributed by atoms with E-state index in [0.29, 0.717) is 17.1 Å². The van der Waals surface area contributed by atoms with Gasteiger partial charge in [-0.3, -0.25) is 4.68 Å². The minimum atomic E-state index is 0.198. The first-order chi connectivity index (χ1) is 9.26. The predicted molar refractivity (Wildman–Crippen MR) is 68.4 cm³/mol. The Bertz CT molecular complexity index is 644. The quantitative estimate of drug-likeness (QED) is 0.838. The number of hydrogen-bond acceptors (Lipinski definition) is 4. The molecule has 0 aliphatic carbocycles. The molecule has 0 saturated heterocycles. The molecule has 0 aliphatic rings. The van der Waals surface area contributed by atoms with Crippen LogP contribution in [0.3, 0.4) is 0 Å². The molecular formula is C14H12N4O. The molecule has 0 N–H and O–H groups in total. The van der Waals surface area contributed by atoms with E-state index < -0.39 is 0 Å². The molecule has 0 saturated carbocycles. The number of aryl methyl sites for hydroxylation is 1. The van der Waals surface area contributed by atoms with Crippen molar-refractivity contribution in [1.82, 2.24) is 9.78 Å². The molecule has 0 amide bonds. The van der Waals surface area contributed by atoms with Crippen LogP contribution in [0, 0.1) is 22.7 Å². The van der Waals surface area contributed by atoms with Crippen LogP contribution in [0.5, 0.6) is 11.5 Å². The lowest BCUT2D eigenvalue weighted by Gasteiger charge is -2.04. The molecule has 19 heavy (non-hydrogen) atoms. The van der Waals surface area contributed by atoms with E-state index in [2.05, 4.69) is 11.2 Å². The zero-order chi connectivity index (χ0) is 13.7. The maximum Gasteiger partial charge on any atom is 0.168 e. The Balaban J connectivity index is 2.22. The zero-order valence-corrected chi connectivity index (χ0v) is 10.5. The van der Waals surface area contributed by atoms with Crippen LogP contribution in [0.25, 0.3) is 0 Å². The number of aromatic nitrogens is 2. The van der Waals surface area contributed by atoms with E-state index in [9.17, 15) is 0 Å². The second kappa shape index (κ2) is 5.70. The highest BCUT2D eigenvalue weighted by molar-refractivity contribution is 5.38. The van der Waals surface area contributed by atoms with E-state index in [1.807, 2.05) is 13.0 Å². The van der Waals surface area contributed by atoms with E-state index in [4.69, 9.17) is 15.3 Å². The monoisotopic (exact) mass is 252 g/mol. The van der Waals surface area contributed by atoms with Crippen molar-refractivity contribution in [2.24, 2.45) is 0 Å². The molecule has 0 fully saturated rings. The molecule has 2 aromatic rings. The van der Waals surface area contributed by atoms with Crippen molar-refractivity contribution in [3.05, 3.63) is 41.7 Å². The largest absolute Gasteiger partial charge is 0.454 e. The lowest BCUT2D eigenvalue weighted by atomic mass is 10.2. The van der Waals surface area contributed by atoms with Gasteiger partial charge in [-0.2, -0.15) is 15.6 Å². The summed E-state index contributed by atoms with van der Waals surface area (Å²) in [5.74, 6) is 1.28. The first-order valence-electron chi connectivity index (χ1n) is 5.88. The van der Waals surface area contributed by atoms with Gasteiger partial charge in [-0.15, -0.1) is 0 Å². The van der Waals surface area contributed by atoms with Crippen LogP contribution in [-0.2, 0) is 13.0 Å². The van der Waals surface area contributed by atoms with Crippen LogP contribution in [0.15, 0.2) is 30.5 Å². The molecule has 0 spiro atoms. The van der Waals surface area contributed by atoms with Gasteiger partial charge in [0.2, 0.25) is 0 Å². The number of nitriles is 2. The Kier molecular flexibility index (Phi) is 3.80. The molecule has 94 valence electrons. The summed E-state index contributed by atoms with van der Waals surface area (Å²) in [5, 5.41) is 21.7. The van der Waals surface area contributed by atoms with Crippen LogP contribution in [0.2, 0.25) is 0 Å². The van der Waals surface area contributed by atoms with E-state index >= 15 is 0 Å². The van der Waals surface area contributed by atoms with Gasteiger partial charge in [0.25, 0.3) is 0 Å². The Hall–Kier alpha value is -2.79. The van der Waals surface area contributed by atoms with Crippen molar-refractivity contribution in [2.45, 2.75) is 19.9 Å². The molecule has 0 unspecified atom stereocenters. The van der Waals surface area contributed by atoms with Gasteiger partial charge in [0.1, 0.15) is 18.0 Å². The average molecular weight is 252 g/mol. The molecule has 0 atom stereocenters. The lowest BCUT2D eigenvalue weighted by Crippen LogP contribution is -1.96. The van der Waals surface area contributed by atoms with E-state index in [1.54, 1.807) is 35.1 Å². The van der Waals surface area contributed by atoms with E-state index in [1.165, 1.54) is 0 Å². The first-order valence-corrected chi connectivity index (χ1v) is 5.88. The van der Waals surface area contributed by atoms with Crippen molar-refractivity contribution in [3.8, 4) is 23.6 Å². The fraction of sp³-hybridized carbons (Fsp3) is 0.214. The topological polar surface area (TPSA) is 74.6 Å². The number of ether oxygens (including phenoxy) is 1. The van der Waals surface area contributed by atoms with Crippen molar-refractivity contribution < 1.29 is 4.74 Å². The maximum absolute atomic E-state index is 8.73. The number of hydrogen-bond donors (Lipinski definition) is 0. The zero-order valence-electron chi connectivity index (χ0n) is 10.5. The van der Waals surface area contributed by atoms with Gasteiger partial charge < -0.3 is 4.74 Å². The molecule has 0 aliphatic heterocycles. The number of nitrogens with zero attached hydrogens (tertiary/aromatic N) is 4. The van der Waals surface area contributed by atoms with Gasteiger partial charge in [-0.1, -0.05) is 6.92 Å². The highest BCUT2D eigenvalue weighted by Gasteiger charge is 2.09. The number of rotatable bonds is 4. The lowest BCUT2D eigenvalue weighted by molar-refractivity contribution is 0.476. The van der Waals surface area contributed by atoms with Crippen LogP contribution in [0.1, 0.15) is 18.2 Å². The minimum Gasteiger partial charge on any atom is -0.454 e. The summed E-state index contributed by atoms with van der Waals surface area (Å²) in [6.07, 6.45) is 2.43. The van der Waals surface area contributed by atoms with Crippen molar-refractivity contribution in [3.63, 3.8) is 0 Å². The average Bonchev–Trinajstić information content (AvgIpc) is 2.82. The van der Waals surface area contributed by atoms with Gasteiger partial charge >= 0.3 is 0 Å². The fourth-order valence-electron chi connectivity index (χ4n) is 1.65. The van der Waals surface area contributed by atoms with E-state index in [0.717, 1.165) is 12.1 Å². The van der Waals surface area contributed by atoms with Gasteiger partial charge in [0, 0.05) is 0 Å². The van der Waals surface area contributed by atoms with Crippen molar-refractivity contribution in [2.75, 3.05) is 0 Å². The molecule has 0 bridgehead atoms. The van der Waals surface area contributed by atoms with Crippen molar-refractivity contribution in [1.29, 1.82) is 10.5 Å². The Labute approximate surface area is 111 Å². The van der Waals surface area contributed by atoms with Gasteiger partial charge in [0.15, 0.2) is 5.75 Å². The predicted octanol–water partition coefficient (Wildman–Crippen LogP) is 2.63. The van der Waals surface area contributed by atoms with Crippen LogP contribution in [0.4, 0.5) is 0 Å². The molecule has 1 aromatic heterocycles. The van der Waals surface area contributed by atoms with Gasteiger partial charge in [-0.25, -0.2) is 0 Å². The molecule has 5 nitrogen and oxygen atoms in total. The van der Waals surface area contributed by atoms with Gasteiger partial charge in [-0.05, 0) is 30.7 Å². The number of benzene rings is 1. The summed E-state index contributed by atoms with van der Waals surface area (Å²) >= 11 is 0. The third-order valence-corrected chi connectivity index (χ3v) is 2.58. The minimum absolute atomic E-state index is 0.198. The fourth-order valence-corrected chi connectivity index (χ4v) is 1.65. The summed E-state index contributed by atoms with van der Waals surface area (Å²) in [4.78, 5) is 0. The first kappa shape index (κ1) is 12.7.